The average Bonchev–Trinajstić information content (AvgIpc) is 2.72. The zero-order valence-electron chi connectivity index (χ0n) is 17.6. The zero-order valence-corrected chi connectivity index (χ0v) is 19.3. The molecular formula is C21H17F3N2O6S2. The zero-order chi connectivity index (χ0) is 25.3. The van der Waals surface area contributed by atoms with Crippen LogP contribution in [0.5, 0.6) is 11.6 Å². The number of carbonyl (C=O) groups excluding carboxylic acids is 1. The third-order valence-electron chi connectivity index (χ3n) is 4.39. The van der Waals surface area contributed by atoms with Gasteiger partial charge in [-0.25, -0.2) is 21.8 Å². The highest BCUT2D eigenvalue weighted by molar-refractivity contribution is 7.91. The molecule has 180 valence electrons. The van der Waals surface area contributed by atoms with Crippen molar-refractivity contribution in [3.05, 3.63) is 71.9 Å². The van der Waals surface area contributed by atoms with Crippen LogP contribution in [0.2, 0.25) is 0 Å². The Kier molecular flexibility index (Phi) is 6.71. The molecule has 8 nitrogen and oxygen atoms in total. The number of aromatic nitrogens is 1. The Hall–Kier alpha value is -3.45. The summed E-state index contributed by atoms with van der Waals surface area (Å²) >= 11 is 0. The first-order chi connectivity index (χ1) is 15.6. The molecule has 0 radical (unpaired) electrons. The summed E-state index contributed by atoms with van der Waals surface area (Å²) in [4.78, 5) is 16.2. The Morgan fingerprint density at radius 2 is 1.50 bits per heavy atom. The van der Waals surface area contributed by atoms with Gasteiger partial charge in [-0.05, 0) is 42.5 Å². The highest BCUT2D eigenvalue weighted by atomic mass is 32.2. The molecule has 0 bridgehead atoms. The van der Waals surface area contributed by atoms with Crippen LogP contribution in [-0.2, 0) is 25.9 Å². The number of rotatable bonds is 6. The van der Waals surface area contributed by atoms with Gasteiger partial charge >= 0.3 is 6.18 Å². The van der Waals surface area contributed by atoms with Crippen molar-refractivity contribution in [1.29, 1.82) is 0 Å². The van der Waals surface area contributed by atoms with E-state index in [0.717, 1.165) is 24.6 Å². The lowest BCUT2D eigenvalue weighted by molar-refractivity contribution is -0.137. The first kappa shape index (κ1) is 25.2. The largest absolute Gasteiger partial charge is 0.438 e. The smallest absolute Gasteiger partial charge is 0.417 e. The van der Waals surface area contributed by atoms with Crippen molar-refractivity contribution in [2.75, 3.05) is 17.8 Å². The number of hydrogen-bond donors (Lipinski definition) is 1. The molecule has 0 unspecified atom stereocenters. The second-order valence-corrected chi connectivity index (χ2v) is 11.2. The van der Waals surface area contributed by atoms with Crippen molar-refractivity contribution in [3.63, 3.8) is 0 Å². The highest BCUT2D eigenvalue weighted by Crippen LogP contribution is 2.33. The van der Waals surface area contributed by atoms with Crippen molar-refractivity contribution >= 4 is 31.3 Å². The standard InChI is InChI=1S/C21H17F3N2O6S2/c1-33(28,29)16-7-3-5-14(10-16)26-19(27)18-9-13(21(22,23)24)12-25-20(18)32-15-6-4-8-17(11-15)34(2,30)31/h3-12H,1-2H3,(H,26,27). The number of benzene rings is 2. The third-order valence-corrected chi connectivity index (χ3v) is 6.61. The van der Waals surface area contributed by atoms with Crippen molar-refractivity contribution in [2.24, 2.45) is 0 Å². The van der Waals surface area contributed by atoms with Crippen LogP contribution in [0.25, 0.3) is 0 Å². The Balaban J connectivity index is 2.02. The van der Waals surface area contributed by atoms with E-state index < -0.39 is 48.8 Å². The quantitative estimate of drug-likeness (QED) is 0.529. The number of hydrogen-bond acceptors (Lipinski definition) is 7. The van der Waals surface area contributed by atoms with Crippen LogP contribution in [0.3, 0.4) is 0 Å². The molecule has 1 amide bonds. The molecule has 34 heavy (non-hydrogen) atoms. The fraction of sp³-hybridized carbons (Fsp3) is 0.143. The Labute approximate surface area is 193 Å². The maximum Gasteiger partial charge on any atom is 0.417 e. The molecule has 0 fully saturated rings. The van der Waals surface area contributed by atoms with Crippen molar-refractivity contribution in [1.82, 2.24) is 4.98 Å². The second-order valence-electron chi connectivity index (χ2n) is 7.18. The van der Waals surface area contributed by atoms with Gasteiger partial charge < -0.3 is 10.1 Å². The van der Waals surface area contributed by atoms with Gasteiger partial charge in [0.1, 0.15) is 11.3 Å². The van der Waals surface area contributed by atoms with Gasteiger partial charge in [-0.3, -0.25) is 4.79 Å². The first-order valence-corrected chi connectivity index (χ1v) is 13.1. The van der Waals surface area contributed by atoms with Gasteiger partial charge in [-0.2, -0.15) is 13.2 Å². The Bertz CT molecular complexity index is 1470. The number of nitrogens with one attached hydrogen (secondary N) is 1. The van der Waals surface area contributed by atoms with Gasteiger partial charge in [0, 0.05) is 24.4 Å². The maximum absolute atomic E-state index is 13.2. The summed E-state index contributed by atoms with van der Waals surface area (Å²) in [5.41, 5.74) is -1.82. The number of amides is 1. The number of carbonyl (C=O) groups is 1. The van der Waals surface area contributed by atoms with Crippen LogP contribution in [0.15, 0.2) is 70.6 Å². The van der Waals surface area contributed by atoms with Crippen molar-refractivity contribution in [3.8, 4) is 11.6 Å². The lowest BCUT2D eigenvalue weighted by Gasteiger charge is -2.14. The summed E-state index contributed by atoms with van der Waals surface area (Å²) in [7, 11) is -7.21. The number of halogens is 3. The lowest BCUT2D eigenvalue weighted by atomic mass is 10.1. The van der Waals surface area contributed by atoms with Crippen LogP contribution in [-0.4, -0.2) is 40.2 Å². The fourth-order valence-corrected chi connectivity index (χ4v) is 4.06. The normalized spacial score (nSPS) is 12.3. The minimum atomic E-state index is -4.81. The fourth-order valence-electron chi connectivity index (χ4n) is 2.73. The monoisotopic (exact) mass is 514 g/mol. The van der Waals surface area contributed by atoms with Gasteiger partial charge in [-0.15, -0.1) is 0 Å². The number of alkyl halides is 3. The molecule has 1 heterocycles. The molecular weight excluding hydrogens is 497 g/mol. The molecule has 0 saturated heterocycles. The van der Waals surface area contributed by atoms with E-state index >= 15 is 0 Å². The number of sulfone groups is 2. The molecule has 0 saturated carbocycles. The minimum Gasteiger partial charge on any atom is -0.438 e. The topological polar surface area (TPSA) is 120 Å². The molecule has 0 aliphatic heterocycles. The van der Waals surface area contributed by atoms with Crippen LogP contribution >= 0.6 is 0 Å². The predicted molar refractivity (Wildman–Crippen MR) is 116 cm³/mol. The lowest BCUT2D eigenvalue weighted by Crippen LogP contribution is -2.16. The summed E-state index contributed by atoms with van der Waals surface area (Å²) in [6.45, 7) is 0. The van der Waals surface area contributed by atoms with E-state index in [2.05, 4.69) is 10.3 Å². The van der Waals surface area contributed by atoms with E-state index in [9.17, 15) is 34.8 Å². The molecule has 1 aromatic heterocycles. The molecule has 0 aliphatic carbocycles. The van der Waals surface area contributed by atoms with E-state index in [4.69, 9.17) is 4.74 Å². The molecule has 3 aromatic rings. The van der Waals surface area contributed by atoms with E-state index in [-0.39, 0.29) is 21.2 Å². The van der Waals surface area contributed by atoms with Gasteiger partial charge in [0.2, 0.25) is 5.88 Å². The van der Waals surface area contributed by atoms with Crippen LogP contribution in [0, 0.1) is 0 Å². The van der Waals surface area contributed by atoms with Crippen LogP contribution in [0.1, 0.15) is 15.9 Å². The number of nitrogens with zero attached hydrogens (tertiary/aromatic N) is 1. The van der Waals surface area contributed by atoms with Crippen LogP contribution < -0.4 is 10.1 Å². The van der Waals surface area contributed by atoms with E-state index in [0.29, 0.717) is 12.3 Å². The Morgan fingerprint density at radius 3 is 2.09 bits per heavy atom. The average molecular weight is 515 g/mol. The summed E-state index contributed by atoms with van der Waals surface area (Å²) in [5.74, 6) is -1.66. The Morgan fingerprint density at radius 1 is 0.912 bits per heavy atom. The van der Waals surface area contributed by atoms with Gasteiger partial charge in [0.15, 0.2) is 19.7 Å². The summed E-state index contributed by atoms with van der Waals surface area (Å²) in [6.07, 6.45) is -2.42. The predicted octanol–water partition coefficient (Wildman–Crippen LogP) is 3.95. The molecule has 2 aromatic carbocycles. The van der Waals surface area contributed by atoms with Crippen LogP contribution in [0.4, 0.5) is 18.9 Å². The van der Waals surface area contributed by atoms with Gasteiger partial charge in [0.25, 0.3) is 5.91 Å². The number of pyridine rings is 1. The van der Waals surface area contributed by atoms with Gasteiger partial charge in [0.05, 0.1) is 15.4 Å². The summed E-state index contributed by atoms with van der Waals surface area (Å²) < 4.78 is 92.2. The third kappa shape index (κ3) is 6.11. The minimum absolute atomic E-state index is 0.00959. The van der Waals surface area contributed by atoms with Crippen molar-refractivity contribution in [2.45, 2.75) is 16.0 Å². The van der Waals surface area contributed by atoms with E-state index in [1.807, 2.05) is 0 Å². The molecule has 1 N–H and O–H groups in total. The first-order valence-electron chi connectivity index (χ1n) is 9.31. The molecule has 13 heteroatoms. The molecule has 0 atom stereocenters. The highest BCUT2D eigenvalue weighted by Gasteiger charge is 2.33. The molecule has 0 spiro atoms. The van der Waals surface area contributed by atoms with E-state index in [1.165, 1.54) is 36.4 Å². The SMILES string of the molecule is CS(=O)(=O)c1cccc(NC(=O)c2cc(C(F)(F)F)cnc2Oc2cccc(S(C)(=O)=O)c2)c1. The molecule has 0 aliphatic rings. The summed E-state index contributed by atoms with van der Waals surface area (Å²) in [5, 5.41) is 2.32. The summed E-state index contributed by atoms with van der Waals surface area (Å²) in [6, 6.07) is 10.8. The maximum atomic E-state index is 13.2. The number of anilines is 1. The number of ether oxygens (including phenoxy) is 1. The van der Waals surface area contributed by atoms with Crippen molar-refractivity contribution < 1.29 is 39.5 Å². The van der Waals surface area contributed by atoms with Gasteiger partial charge in [-0.1, -0.05) is 12.1 Å². The molecule has 3 rings (SSSR count). The van der Waals surface area contributed by atoms with E-state index in [1.54, 1.807) is 0 Å². The second kappa shape index (κ2) is 9.06.